The van der Waals surface area contributed by atoms with Crippen molar-refractivity contribution < 1.29 is 14.6 Å². The summed E-state index contributed by atoms with van der Waals surface area (Å²) >= 11 is 0. The number of rotatable bonds is 3. The lowest BCUT2D eigenvalue weighted by Gasteiger charge is -2.13. The number of likely N-dealkylation sites (tertiary alicyclic amines) is 1. The molecule has 1 saturated heterocycles. The Bertz CT molecular complexity index is 448. The Morgan fingerprint density at radius 2 is 2.33 bits per heavy atom. The fourth-order valence-corrected chi connectivity index (χ4v) is 2.14. The van der Waals surface area contributed by atoms with Crippen molar-refractivity contribution in [2.75, 3.05) is 27.2 Å². The summed E-state index contributed by atoms with van der Waals surface area (Å²) in [5.41, 5.74) is 0.499. The minimum atomic E-state index is -0.131. The van der Waals surface area contributed by atoms with E-state index in [0.29, 0.717) is 11.3 Å². The first-order valence-corrected chi connectivity index (χ1v) is 5.96. The third kappa shape index (κ3) is 2.73. The molecule has 2 rings (SSSR count). The Kier molecular flexibility index (Phi) is 3.72. The predicted molar refractivity (Wildman–Crippen MR) is 68.0 cm³/mol. The highest BCUT2D eigenvalue weighted by atomic mass is 16.5. The van der Waals surface area contributed by atoms with Crippen LogP contribution in [0.2, 0.25) is 0 Å². The van der Waals surface area contributed by atoms with Crippen LogP contribution in [0.1, 0.15) is 16.8 Å². The summed E-state index contributed by atoms with van der Waals surface area (Å²) in [6, 6.07) is 4.80. The van der Waals surface area contributed by atoms with Crippen LogP contribution in [0.25, 0.3) is 0 Å². The first kappa shape index (κ1) is 12.7. The van der Waals surface area contributed by atoms with Gasteiger partial charge < -0.3 is 20.1 Å². The minimum Gasteiger partial charge on any atom is -0.504 e. The van der Waals surface area contributed by atoms with E-state index >= 15 is 0 Å². The third-order valence-corrected chi connectivity index (χ3v) is 3.17. The first-order valence-electron chi connectivity index (χ1n) is 5.96. The molecule has 1 fully saturated rings. The van der Waals surface area contributed by atoms with Crippen LogP contribution in [0.5, 0.6) is 11.5 Å². The number of hydrogen-bond donors (Lipinski definition) is 2. The largest absolute Gasteiger partial charge is 0.504 e. The van der Waals surface area contributed by atoms with Crippen LogP contribution < -0.4 is 10.1 Å². The van der Waals surface area contributed by atoms with Gasteiger partial charge in [0.05, 0.1) is 7.11 Å². The lowest BCUT2D eigenvalue weighted by Crippen LogP contribution is -2.36. The van der Waals surface area contributed by atoms with Crippen LogP contribution in [0.4, 0.5) is 0 Å². The summed E-state index contributed by atoms with van der Waals surface area (Å²) in [4.78, 5) is 14.2. The number of hydrogen-bond acceptors (Lipinski definition) is 4. The monoisotopic (exact) mass is 250 g/mol. The van der Waals surface area contributed by atoms with E-state index in [1.54, 1.807) is 12.1 Å². The van der Waals surface area contributed by atoms with Gasteiger partial charge in [0.2, 0.25) is 0 Å². The lowest BCUT2D eigenvalue weighted by atomic mass is 10.1. The summed E-state index contributed by atoms with van der Waals surface area (Å²) in [6.07, 6.45) is 0.970. The van der Waals surface area contributed by atoms with Crippen LogP contribution in [0, 0.1) is 0 Å². The van der Waals surface area contributed by atoms with Crippen molar-refractivity contribution in [3.63, 3.8) is 0 Å². The molecule has 1 aliphatic heterocycles. The molecule has 98 valence electrons. The van der Waals surface area contributed by atoms with E-state index in [2.05, 4.69) is 10.2 Å². The van der Waals surface area contributed by atoms with Crippen LogP contribution in [0.3, 0.4) is 0 Å². The molecule has 1 heterocycles. The molecule has 1 aromatic rings. The number of phenols is 1. The summed E-state index contributed by atoms with van der Waals surface area (Å²) in [7, 11) is 3.50. The quantitative estimate of drug-likeness (QED) is 0.834. The Morgan fingerprint density at radius 1 is 1.56 bits per heavy atom. The molecule has 18 heavy (non-hydrogen) atoms. The van der Waals surface area contributed by atoms with E-state index in [4.69, 9.17) is 4.74 Å². The molecular formula is C13H18N2O3. The fraction of sp³-hybridized carbons (Fsp3) is 0.462. The molecule has 2 N–H and O–H groups in total. The smallest absolute Gasteiger partial charge is 0.251 e. The molecule has 1 amide bonds. The highest BCUT2D eigenvalue weighted by Crippen LogP contribution is 2.26. The number of amides is 1. The Labute approximate surface area is 106 Å². The molecule has 5 heteroatoms. The van der Waals surface area contributed by atoms with E-state index in [1.165, 1.54) is 13.2 Å². The zero-order chi connectivity index (χ0) is 13.1. The maximum atomic E-state index is 12.0. The van der Waals surface area contributed by atoms with E-state index < -0.39 is 0 Å². The lowest BCUT2D eigenvalue weighted by molar-refractivity contribution is 0.0938. The van der Waals surface area contributed by atoms with Gasteiger partial charge in [0.15, 0.2) is 11.5 Å². The number of carbonyl (C=O) groups is 1. The van der Waals surface area contributed by atoms with Gasteiger partial charge in [-0.15, -0.1) is 0 Å². The highest BCUT2D eigenvalue weighted by Gasteiger charge is 2.21. The number of aromatic hydroxyl groups is 1. The number of methoxy groups -OCH3 is 1. The van der Waals surface area contributed by atoms with Crippen molar-refractivity contribution in [2.24, 2.45) is 0 Å². The molecule has 0 aliphatic carbocycles. The van der Waals surface area contributed by atoms with Crippen molar-refractivity contribution in [2.45, 2.75) is 12.5 Å². The number of nitrogens with one attached hydrogen (secondary N) is 1. The average Bonchev–Trinajstić information content (AvgIpc) is 2.75. The van der Waals surface area contributed by atoms with E-state index in [1.807, 2.05) is 7.05 Å². The summed E-state index contributed by atoms with van der Waals surface area (Å²) in [5.74, 6) is 0.217. The summed E-state index contributed by atoms with van der Waals surface area (Å²) in [5, 5.41) is 12.5. The third-order valence-electron chi connectivity index (χ3n) is 3.17. The molecule has 1 aromatic carbocycles. The van der Waals surface area contributed by atoms with Gasteiger partial charge in [0.1, 0.15) is 0 Å². The molecule has 0 spiro atoms. The Balaban J connectivity index is 2.04. The highest BCUT2D eigenvalue weighted by molar-refractivity contribution is 5.95. The first-order chi connectivity index (χ1) is 8.60. The number of likely N-dealkylation sites (N-methyl/N-ethyl adjacent to an activating group) is 1. The molecule has 0 bridgehead atoms. The van der Waals surface area contributed by atoms with Gasteiger partial charge in [-0.3, -0.25) is 4.79 Å². The van der Waals surface area contributed by atoms with Gasteiger partial charge in [-0.2, -0.15) is 0 Å². The van der Waals surface area contributed by atoms with Gasteiger partial charge >= 0.3 is 0 Å². The van der Waals surface area contributed by atoms with Gasteiger partial charge in [0.25, 0.3) is 5.91 Å². The number of phenolic OH excluding ortho intramolecular Hbond substituents is 1. The second-order valence-corrected chi connectivity index (χ2v) is 4.61. The molecule has 0 saturated carbocycles. The van der Waals surface area contributed by atoms with E-state index in [9.17, 15) is 9.90 Å². The Morgan fingerprint density at radius 3 is 2.94 bits per heavy atom. The van der Waals surface area contributed by atoms with Crippen molar-refractivity contribution in [1.82, 2.24) is 10.2 Å². The molecule has 0 radical (unpaired) electrons. The van der Waals surface area contributed by atoms with E-state index in [-0.39, 0.29) is 17.7 Å². The predicted octanol–water partition coefficient (Wildman–Crippen LogP) is 0.835. The number of carbonyl (C=O) groups excluding carboxylic acids is 1. The van der Waals surface area contributed by atoms with Crippen molar-refractivity contribution >= 4 is 5.91 Å². The Hall–Kier alpha value is -1.75. The van der Waals surface area contributed by atoms with E-state index in [0.717, 1.165) is 19.5 Å². The van der Waals surface area contributed by atoms with Gasteiger partial charge in [-0.05, 0) is 38.2 Å². The molecule has 1 unspecified atom stereocenters. The maximum Gasteiger partial charge on any atom is 0.251 e. The molecule has 5 nitrogen and oxygen atoms in total. The fourth-order valence-electron chi connectivity index (χ4n) is 2.14. The summed E-state index contributed by atoms with van der Waals surface area (Å²) < 4.78 is 4.98. The average molecular weight is 250 g/mol. The molecule has 1 atom stereocenters. The molecule has 1 aliphatic rings. The second kappa shape index (κ2) is 5.27. The molecule has 0 aromatic heterocycles. The number of nitrogens with zero attached hydrogens (tertiary/aromatic N) is 1. The maximum absolute atomic E-state index is 12.0. The van der Waals surface area contributed by atoms with Crippen LogP contribution in [0.15, 0.2) is 18.2 Å². The van der Waals surface area contributed by atoms with Crippen molar-refractivity contribution in [1.29, 1.82) is 0 Å². The normalized spacial score (nSPS) is 19.8. The summed E-state index contributed by atoms with van der Waals surface area (Å²) in [6.45, 7) is 1.88. The SMILES string of the molecule is COc1cc(C(=O)NC2CCN(C)C2)ccc1O. The van der Waals surface area contributed by atoms with Crippen LogP contribution in [-0.4, -0.2) is 49.2 Å². The number of benzene rings is 1. The standard InChI is InChI=1S/C13H18N2O3/c1-15-6-5-10(8-15)14-13(17)9-3-4-11(16)12(7-9)18-2/h3-4,7,10,16H,5-6,8H2,1-2H3,(H,14,17). The van der Waals surface area contributed by atoms with Crippen LogP contribution in [-0.2, 0) is 0 Å². The van der Waals surface area contributed by atoms with Gasteiger partial charge in [-0.25, -0.2) is 0 Å². The van der Waals surface area contributed by atoms with Crippen molar-refractivity contribution in [3.05, 3.63) is 23.8 Å². The zero-order valence-corrected chi connectivity index (χ0v) is 10.6. The molecular weight excluding hydrogens is 232 g/mol. The minimum absolute atomic E-state index is 0.0367. The zero-order valence-electron chi connectivity index (χ0n) is 10.6. The topological polar surface area (TPSA) is 61.8 Å². The van der Waals surface area contributed by atoms with Gasteiger partial charge in [0, 0.05) is 18.2 Å². The van der Waals surface area contributed by atoms with Crippen LogP contribution >= 0.6 is 0 Å². The number of ether oxygens (including phenoxy) is 1. The van der Waals surface area contributed by atoms with Crippen molar-refractivity contribution in [3.8, 4) is 11.5 Å². The second-order valence-electron chi connectivity index (χ2n) is 4.61. The van der Waals surface area contributed by atoms with Gasteiger partial charge in [-0.1, -0.05) is 0 Å².